The molecule has 1 aromatic rings. The standard InChI is InChI=1S/C14H22N2O2/c1-14(2,3)18-13(17)12(16)8-10-6-4-5-7-11(10)9-15/h4-7,12H,8-9,15-16H2,1-3H3. The summed E-state index contributed by atoms with van der Waals surface area (Å²) >= 11 is 0. The number of hydrogen-bond acceptors (Lipinski definition) is 4. The lowest BCUT2D eigenvalue weighted by Crippen LogP contribution is -2.39. The topological polar surface area (TPSA) is 78.3 Å². The Kier molecular flexibility index (Phi) is 4.87. The third-order valence-electron chi connectivity index (χ3n) is 2.49. The van der Waals surface area contributed by atoms with Gasteiger partial charge in [0.1, 0.15) is 11.6 Å². The lowest BCUT2D eigenvalue weighted by Gasteiger charge is -2.22. The van der Waals surface area contributed by atoms with Gasteiger partial charge in [0, 0.05) is 6.54 Å². The van der Waals surface area contributed by atoms with Crippen LogP contribution in [-0.2, 0) is 22.5 Å². The van der Waals surface area contributed by atoms with Crippen molar-refractivity contribution in [3.8, 4) is 0 Å². The maximum absolute atomic E-state index is 11.8. The van der Waals surface area contributed by atoms with Crippen LogP contribution in [0.5, 0.6) is 0 Å². The van der Waals surface area contributed by atoms with Gasteiger partial charge < -0.3 is 16.2 Å². The zero-order chi connectivity index (χ0) is 13.8. The number of nitrogens with two attached hydrogens (primary N) is 2. The highest BCUT2D eigenvalue weighted by atomic mass is 16.6. The van der Waals surface area contributed by atoms with Gasteiger partial charge in [-0.05, 0) is 38.3 Å². The molecule has 0 saturated carbocycles. The van der Waals surface area contributed by atoms with Crippen LogP contribution in [0.25, 0.3) is 0 Å². The zero-order valence-corrected chi connectivity index (χ0v) is 11.3. The Morgan fingerprint density at radius 1 is 1.28 bits per heavy atom. The van der Waals surface area contributed by atoms with Gasteiger partial charge in [0.2, 0.25) is 0 Å². The summed E-state index contributed by atoms with van der Waals surface area (Å²) in [6.45, 7) is 5.92. The summed E-state index contributed by atoms with van der Waals surface area (Å²) in [6, 6.07) is 7.06. The Bertz CT molecular complexity index is 411. The minimum Gasteiger partial charge on any atom is -0.459 e. The monoisotopic (exact) mass is 250 g/mol. The fourth-order valence-corrected chi connectivity index (χ4v) is 1.65. The summed E-state index contributed by atoms with van der Waals surface area (Å²) in [6.07, 6.45) is 0.447. The smallest absolute Gasteiger partial charge is 0.323 e. The molecule has 0 spiro atoms. The molecule has 0 bridgehead atoms. The molecule has 0 aliphatic carbocycles. The number of hydrogen-bond donors (Lipinski definition) is 2. The quantitative estimate of drug-likeness (QED) is 0.791. The van der Waals surface area contributed by atoms with E-state index < -0.39 is 11.6 Å². The molecule has 0 amide bonds. The maximum atomic E-state index is 11.8. The third kappa shape index (κ3) is 4.47. The molecule has 100 valence electrons. The number of benzene rings is 1. The summed E-state index contributed by atoms with van der Waals surface area (Å²) in [5.74, 6) is -0.380. The highest BCUT2D eigenvalue weighted by Gasteiger charge is 2.22. The zero-order valence-electron chi connectivity index (χ0n) is 11.3. The van der Waals surface area contributed by atoms with Crippen molar-refractivity contribution in [3.05, 3.63) is 35.4 Å². The van der Waals surface area contributed by atoms with Crippen LogP contribution in [0, 0.1) is 0 Å². The molecule has 1 unspecified atom stereocenters. The van der Waals surface area contributed by atoms with Gasteiger partial charge in [-0.15, -0.1) is 0 Å². The minimum absolute atomic E-state index is 0.380. The highest BCUT2D eigenvalue weighted by Crippen LogP contribution is 2.13. The Hall–Kier alpha value is -1.39. The molecule has 0 aromatic heterocycles. The molecular weight excluding hydrogens is 228 g/mol. The Morgan fingerprint density at radius 2 is 1.83 bits per heavy atom. The van der Waals surface area contributed by atoms with E-state index in [0.717, 1.165) is 11.1 Å². The van der Waals surface area contributed by atoms with Crippen LogP contribution in [0.3, 0.4) is 0 Å². The van der Waals surface area contributed by atoms with Crippen molar-refractivity contribution in [2.45, 2.75) is 45.4 Å². The predicted octanol–water partition coefficient (Wildman–Crippen LogP) is 1.36. The second-order valence-electron chi connectivity index (χ2n) is 5.32. The first-order valence-electron chi connectivity index (χ1n) is 6.09. The number of carbonyl (C=O) groups excluding carboxylic acids is 1. The summed E-state index contributed by atoms with van der Waals surface area (Å²) in [4.78, 5) is 11.8. The van der Waals surface area contributed by atoms with Crippen LogP contribution in [0.4, 0.5) is 0 Å². The van der Waals surface area contributed by atoms with E-state index in [1.807, 2.05) is 45.0 Å². The van der Waals surface area contributed by atoms with E-state index in [2.05, 4.69) is 0 Å². The third-order valence-corrected chi connectivity index (χ3v) is 2.49. The molecule has 0 aliphatic heterocycles. The van der Waals surface area contributed by atoms with Crippen LogP contribution in [0.2, 0.25) is 0 Å². The van der Waals surface area contributed by atoms with Crippen molar-refractivity contribution in [3.63, 3.8) is 0 Å². The van der Waals surface area contributed by atoms with Crippen molar-refractivity contribution in [1.82, 2.24) is 0 Å². The Morgan fingerprint density at radius 3 is 2.33 bits per heavy atom. The molecule has 1 rings (SSSR count). The number of esters is 1. The number of rotatable bonds is 4. The van der Waals surface area contributed by atoms with Gasteiger partial charge in [-0.25, -0.2) is 0 Å². The van der Waals surface area contributed by atoms with Gasteiger partial charge in [-0.3, -0.25) is 4.79 Å². The molecule has 0 aliphatic rings. The SMILES string of the molecule is CC(C)(C)OC(=O)C(N)Cc1ccccc1CN. The van der Waals surface area contributed by atoms with Gasteiger partial charge in [0.25, 0.3) is 0 Å². The van der Waals surface area contributed by atoms with Crippen LogP contribution in [0.1, 0.15) is 31.9 Å². The van der Waals surface area contributed by atoms with E-state index in [0.29, 0.717) is 13.0 Å². The van der Waals surface area contributed by atoms with Gasteiger partial charge in [-0.1, -0.05) is 24.3 Å². The molecule has 0 fully saturated rings. The summed E-state index contributed by atoms with van der Waals surface area (Å²) in [5, 5.41) is 0. The number of carbonyl (C=O) groups is 1. The van der Waals surface area contributed by atoms with Gasteiger partial charge >= 0.3 is 5.97 Å². The molecule has 4 N–H and O–H groups in total. The van der Waals surface area contributed by atoms with E-state index in [1.54, 1.807) is 0 Å². The average Bonchev–Trinajstić information content (AvgIpc) is 2.27. The molecular formula is C14H22N2O2. The molecule has 18 heavy (non-hydrogen) atoms. The van der Waals surface area contributed by atoms with E-state index in [4.69, 9.17) is 16.2 Å². The van der Waals surface area contributed by atoms with Gasteiger partial charge in [-0.2, -0.15) is 0 Å². The van der Waals surface area contributed by atoms with Crippen molar-refractivity contribution in [2.75, 3.05) is 0 Å². The van der Waals surface area contributed by atoms with E-state index in [9.17, 15) is 4.79 Å². The number of ether oxygens (including phenoxy) is 1. The van der Waals surface area contributed by atoms with Crippen LogP contribution in [-0.4, -0.2) is 17.6 Å². The van der Waals surface area contributed by atoms with Gasteiger partial charge in [0.15, 0.2) is 0 Å². The maximum Gasteiger partial charge on any atom is 0.323 e. The van der Waals surface area contributed by atoms with Crippen molar-refractivity contribution in [1.29, 1.82) is 0 Å². The lowest BCUT2D eigenvalue weighted by atomic mass is 10.0. The molecule has 0 saturated heterocycles. The summed E-state index contributed by atoms with van der Waals surface area (Å²) in [7, 11) is 0. The second kappa shape index (κ2) is 5.98. The lowest BCUT2D eigenvalue weighted by molar-refractivity contribution is -0.156. The van der Waals surface area contributed by atoms with E-state index in [-0.39, 0.29) is 5.97 Å². The summed E-state index contributed by atoms with van der Waals surface area (Å²) < 4.78 is 5.25. The van der Waals surface area contributed by atoms with Crippen LogP contribution < -0.4 is 11.5 Å². The first-order valence-corrected chi connectivity index (χ1v) is 6.09. The fraction of sp³-hybridized carbons (Fsp3) is 0.500. The van der Waals surface area contributed by atoms with Crippen LogP contribution >= 0.6 is 0 Å². The van der Waals surface area contributed by atoms with Crippen molar-refractivity contribution >= 4 is 5.97 Å². The predicted molar refractivity (Wildman–Crippen MR) is 71.9 cm³/mol. The minimum atomic E-state index is -0.656. The van der Waals surface area contributed by atoms with E-state index in [1.165, 1.54) is 0 Å². The molecule has 0 heterocycles. The molecule has 4 nitrogen and oxygen atoms in total. The molecule has 1 atom stereocenters. The fourth-order valence-electron chi connectivity index (χ4n) is 1.65. The van der Waals surface area contributed by atoms with E-state index >= 15 is 0 Å². The van der Waals surface area contributed by atoms with Gasteiger partial charge in [0.05, 0.1) is 0 Å². The molecule has 0 radical (unpaired) electrons. The highest BCUT2D eigenvalue weighted by molar-refractivity contribution is 5.76. The normalized spacial score (nSPS) is 13.2. The first-order chi connectivity index (χ1) is 8.33. The molecule has 1 aromatic carbocycles. The van der Waals surface area contributed by atoms with Crippen molar-refractivity contribution < 1.29 is 9.53 Å². The van der Waals surface area contributed by atoms with Crippen LogP contribution in [0.15, 0.2) is 24.3 Å². The first kappa shape index (κ1) is 14.7. The Balaban J connectivity index is 2.69. The average molecular weight is 250 g/mol. The summed E-state index contributed by atoms with van der Waals surface area (Å²) in [5.41, 5.74) is 13.0. The Labute approximate surface area is 108 Å². The second-order valence-corrected chi connectivity index (χ2v) is 5.32. The van der Waals surface area contributed by atoms with Crippen molar-refractivity contribution in [2.24, 2.45) is 11.5 Å². The largest absolute Gasteiger partial charge is 0.459 e. The molecule has 4 heteroatoms.